The second-order valence-corrected chi connectivity index (χ2v) is 6.66. The summed E-state index contributed by atoms with van der Waals surface area (Å²) < 4.78 is 15.7. The van der Waals surface area contributed by atoms with Crippen LogP contribution in [0.25, 0.3) is 0 Å². The van der Waals surface area contributed by atoms with Crippen LogP contribution in [0.15, 0.2) is 12.1 Å². The summed E-state index contributed by atoms with van der Waals surface area (Å²) in [5, 5.41) is 3.26. The predicted octanol–water partition coefficient (Wildman–Crippen LogP) is 1.31. The van der Waals surface area contributed by atoms with Gasteiger partial charge in [0.1, 0.15) is 5.75 Å². The van der Waals surface area contributed by atoms with Crippen LogP contribution in [0.1, 0.15) is 23.7 Å². The van der Waals surface area contributed by atoms with Gasteiger partial charge in [-0.3, -0.25) is 14.5 Å². The zero-order valence-corrected chi connectivity index (χ0v) is 16.5. The van der Waals surface area contributed by atoms with Gasteiger partial charge in [0.05, 0.1) is 48.7 Å². The fourth-order valence-electron chi connectivity index (χ4n) is 3.08. The molecule has 1 amide bonds. The van der Waals surface area contributed by atoms with Crippen LogP contribution in [-0.4, -0.2) is 69.4 Å². The van der Waals surface area contributed by atoms with E-state index >= 15 is 0 Å². The van der Waals surface area contributed by atoms with Gasteiger partial charge < -0.3 is 25.3 Å². The van der Waals surface area contributed by atoms with Crippen molar-refractivity contribution in [2.24, 2.45) is 0 Å². The summed E-state index contributed by atoms with van der Waals surface area (Å²) in [4.78, 5) is 26.4. The highest BCUT2D eigenvalue weighted by Gasteiger charge is 2.32. The average molecular weight is 400 g/mol. The molecule has 0 saturated carbocycles. The first-order valence-corrected chi connectivity index (χ1v) is 9.12. The van der Waals surface area contributed by atoms with Crippen LogP contribution < -0.4 is 15.8 Å². The van der Waals surface area contributed by atoms with E-state index in [2.05, 4.69) is 5.32 Å². The molecule has 1 aliphatic rings. The van der Waals surface area contributed by atoms with Crippen molar-refractivity contribution in [2.75, 3.05) is 46.2 Å². The Morgan fingerprint density at radius 3 is 2.74 bits per heavy atom. The second-order valence-electron chi connectivity index (χ2n) is 6.26. The fraction of sp³-hybridized carbons (Fsp3) is 0.556. The SMILES string of the molecule is CCOC(=O)CN1CCC(NC(=O)c2cc(Cl)c(N)cc2OC)C(OC)C1. The molecular formula is C18H26ClN3O5. The number of carbonyl (C=O) groups is 2. The molecule has 1 fully saturated rings. The first-order chi connectivity index (χ1) is 12.9. The quantitative estimate of drug-likeness (QED) is 0.526. The summed E-state index contributed by atoms with van der Waals surface area (Å²) in [5.41, 5.74) is 6.41. The Morgan fingerprint density at radius 1 is 1.37 bits per heavy atom. The largest absolute Gasteiger partial charge is 0.496 e. The summed E-state index contributed by atoms with van der Waals surface area (Å²) in [7, 11) is 3.05. The zero-order chi connectivity index (χ0) is 20.0. The van der Waals surface area contributed by atoms with E-state index in [1.54, 1.807) is 14.0 Å². The van der Waals surface area contributed by atoms with Gasteiger partial charge in [0.25, 0.3) is 5.91 Å². The molecule has 2 unspecified atom stereocenters. The van der Waals surface area contributed by atoms with Gasteiger partial charge in [-0.2, -0.15) is 0 Å². The van der Waals surface area contributed by atoms with Gasteiger partial charge in [-0.05, 0) is 19.4 Å². The summed E-state index contributed by atoms with van der Waals surface area (Å²) >= 11 is 6.04. The molecule has 2 rings (SSSR count). The molecule has 0 bridgehead atoms. The minimum absolute atomic E-state index is 0.204. The summed E-state index contributed by atoms with van der Waals surface area (Å²) in [6, 6.07) is 2.80. The van der Waals surface area contributed by atoms with Crippen molar-refractivity contribution in [1.82, 2.24) is 10.2 Å². The molecular weight excluding hydrogens is 374 g/mol. The van der Waals surface area contributed by atoms with Gasteiger partial charge in [-0.15, -0.1) is 0 Å². The Morgan fingerprint density at radius 2 is 2.11 bits per heavy atom. The van der Waals surface area contributed by atoms with E-state index in [1.807, 2.05) is 4.90 Å². The van der Waals surface area contributed by atoms with Crippen molar-refractivity contribution >= 4 is 29.2 Å². The standard InChI is InChI=1S/C18H26ClN3O5/c1-4-27-17(23)10-22-6-5-14(16(9-22)26-3)21-18(24)11-7-12(19)13(20)8-15(11)25-2/h7-8,14,16H,4-6,9-10,20H2,1-3H3,(H,21,24). The summed E-state index contributed by atoms with van der Waals surface area (Å²) in [5.74, 6) is -0.237. The Labute approximate surface area is 163 Å². The lowest BCUT2D eigenvalue weighted by Gasteiger charge is -2.37. The highest BCUT2D eigenvalue weighted by Crippen LogP contribution is 2.29. The number of nitrogens with one attached hydrogen (secondary N) is 1. The number of rotatable bonds is 7. The monoisotopic (exact) mass is 399 g/mol. The highest BCUT2D eigenvalue weighted by molar-refractivity contribution is 6.33. The van der Waals surface area contributed by atoms with Crippen molar-refractivity contribution in [3.8, 4) is 5.75 Å². The number of halogens is 1. The minimum atomic E-state index is -0.320. The number of hydrogen-bond acceptors (Lipinski definition) is 7. The second kappa shape index (κ2) is 9.77. The molecule has 0 radical (unpaired) electrons. The van der Waals surface area contributed by atoms with Crippen LogP contribution in [0.5, 0.6) is 5.75 Å². The average Bonchev–Trinajstić information content (AvgIpc) is 2.64. The number of nitrogen functional groups attached to an aromatic ring is 1. The molecule has 1 aliphatic heterocycles. The molecule has 0 spiro atoms. The van der Waals surface area contributed by atoms with Crippen LogP contribution in [-0.2, 0) is 14.3 Å². The molecule has 9 heteroatoms. The lowest BCUT2D eigenvalue weighted by molar-refractivity contribution is -0.145. The smallest absolute Gasteiger partial charge is 0.320 e. The first-order valence-electron chi connectivity index (χ1n) is 8.74. The number of nitrogens with zero attached hydrogens (tertiary/aromatic N) is 1. The number of methoxy groups -OCH3 is 2. The maximum atomic E-state index is 12.7. The van der Waals surface area contributed by atoms with Crippen molar-refractivity contribution in [3.63, 3.8) is 0 Å². The lowest BCUT2D eigenvalue weighted by atomic mass is 10.0. The third-order valence-corrected chi connectivity index (χ3v) is 4.81. The summed E-state index contributed by atoms with van der Waals surface area (Å²) in [6.45, 7) is 3.49. The normalized spacial score (nSPS) is 20.1. The minimum Gasteiger partial charge on any atom is -0.496 e. The number of esters is 1. The van der Waals surface area contributed by atoms with E-state index in [1.165, 1.54) is 19.2 Å². The number of piperidine rings is 1. The number of hydrogen-bond donors (Lipinski definition) is 2. The summed E-state index contributed by atoms with van der Waals surface area (Å²) in [6.07, 6.45) is 0.377. The molecule has 150 valence electrons. The van der Waals surface area contributed by atoms with E-state index in [0.717, 1.165) is 0 Å². The Balaban J connectivity index is 2.04. The number of carbonyl (C=O) groups excluding carboxylic acids is 2. The third kappa shape index (κ3) is 5.47. The van der Waals surface area contributed by atoms with Crippen LogP contribution >= 0.6 is 11.6 Å². The van der Waals surface area contributed by atoms with Gasteiger partial charge in [0, 0.05) is 26.3 Å². The van der Waals surface area contributed by atoms with Crippen molar-refractivity contribution in [1.29, 1.82) is 0 Å². The van der Waals surface area contributed by atoms with E-state index in [4.69, 9.17) is 31.5 Å². The molecule has 1 aromatic rings. The molecule has 1 aromatic carbocycles. The molecule has 1 heterocycles. The van der Waals surface area contributed by atoms with E-state index in [0.29, 0.717) is 43.1 Å². The van der Waals surface area contributed by atoms with Crippen LogP contribution in [0.4, 0.5) is 5.69 Å². The van der Waals surface area contributed by atoms with Crippen molar-refractivity contribution in [3.05, 3.63) is 22.7 Å². The number of anilines is 1. The maximum absolute atomic E-state index is 12.7. The fourth-order valence-corrected chi connectivity index (χ4v) is 3.24. The van der Waals surface area contributed by atoms with Gasteiger partial charge >= 0.3 is 5.97 Å². The maximum Gasteiger partial charge on any atom is 0.320 e. The Hall–Kier alpha value is -2.03. The number of benzene rings is 1. The number of ether oxygens (including phenoxy) is 3. The van der Waals surface area contributed by atoms with Gasteiger partial charge in [0.2, 0.25) is 0 Å². The lowest BCUT2D eigenvalue weighted by Crippen LogP contribution is -2.55. The number of nitrogens with two attached hydrogens (primary N) is 1. The topological polar surface area (TPSA) is 103 Å². The molecule has 3 N–H and O–H groups in total. The first kappa shape index (κ1) is 21.3. The van der Waals surface area contributed by atoms with Gasteiger partial charge in [-0.25, -0.2) is 0 Å². The zero-order valence-electron chi connectivity index (χ0n) is 15.8. The number of amides is 1. The molecule has 8 nitrogen and oxygen atoms in total. The number of likely N-dealkylation sites (tertiary alicyclic amines) is 1. The van der Waals surface area contributed by atoms with Crippen LogP contribution in [0.2, 0.25) is 5.02 Å². The van der Waals surface area contributed by atoms with E-state index < -0.39 is 0 Å². The molecule has 0 aliphatic carbocycles. The van der Waals surface area contributed by atoms with E-state index in [-0.39, 0.29) is 35.6 Å². The van der Waals surface area contributed by atoms with Crippen LogP contribution in [0.3, 0.4) is 0 Å². The molecule has 0 aromatic heterocycles. The molecule has 1 saturated heterocycles. The van der Waals surface area contributed by atoms with Gasteiger partial charge in [0.15, 0.2) is 0 Å². The predicted molar refractivity (Wildman–Crippen MR) is 102 cm³/mol. The highest BCUT2D eigenvalue weighted by atomic mass is 35.5. The Bertz CT molecular complexity index is 685. The van der Waals surface area contributed by atoms with Gasteiger partial charge in [-0.1, -0.05) is 11.6 Å². The molecule has 27 heavy (non-hydrogen) atoms. The third-order valence-electron chi connectivity index (χ3n) is 4.48. The van der Waals surface area contributed by atoms with Crippen LogP contribution in [0, 0.1) is 0 Å². The van der Waals surface area contributed by atoms with Crippen molar-refractivity contribution in [2.45, 2.75) is 25.5 Å². The Kier molecular flexibility index (Phi) is 7.70. The van der Waals surface area contributed by atoms with Crippen molar-refractivity contribution < 1.29 is 23.8 Å². The molecule has 2 atom stereocenters. The van der Waals surface area contributed by atoms with E-state index in [9.17, 15) is 9.59 Å².